The van der Waals surface area contributed by atoms with Crippen molar-refractivity contribution in [2.75, 3.05) is 33.7 Å². The predicted molar refractivity (Wildman–Crippen MR) is 89.4 cm³/mol. The van der Waals surface area contributed by atoms with E-state index in [4.69, 9.17) is 0 Å². The molecule has 4 nitrogen and oxygen atoms in total. The first-order chi connectivity index (χ1) is 9.79. The molecule has 0 saturated carbocycles. The van der Waals surface area contributed by atoms with Crippen LogP contribution < -0.4 is 10.6 Å². The molecule has 1 atom stereocenters. The molecule has 1 unspecified atom stereocenters. The number of carbonyl (C=O) groups excluding carboxylic acids is 1. The minimum Gasteiger partial charge on any atom is -0.353 e. The number of amides is 1. The van der Waals surface area contributed by atoms with Crippen LogP contribution in [0.25, 0.3) is 0 Å². The summed E-state index contributed by atoms with van der Waals surface area (Å²) in [5.74, 6) is 0.957. The maximum absolute atomic E-state index is 12.2. The lowest BCUT2D eigenvalue weighted by atomic mass is 9.84. The van der Waals surface area contributed by atoms with Crippen LogP contribution in [0.4, 0.5) is 0 Å². The van der Waals surface area contributed by atoms with Gasteiger partial charge in [0.05, 0.1) is 0 Å². The second-order valence-corrected chi connectivity index (χ2v) is 7.81. The van der Waals surface area contributed by atoms with Gasteiger partial charge in [-0.1, -0.05) is 20.8 Å². The van der Waals surface area contributed by atoms with E-state index in [0.29, 0.717) is 6.42 Å². The van der Waals surface area contributed by atoms with E-state index >= 15 is 0 Å². The van der Waals surface area contributed by atoms with Gasteiger partial charge in [-0.25, -0.2) is 0 Å². The number of hydrogen-bond donors (Lipinski definition) is 2. The highest BCUT2D eigenvalue weighted by molar-refractivity contribution is 5.76. The average molecular weight is 297 g/mol. The fourth-order valence-electron chi connectivity index (χ4n) is 2.88. The minimum absolute atomic E-state index is 0.112. The van der Waals surface area contributed by atoms with Crippen LogP contribution in [0.2, 0.25) is 0 Å². The van der Waals surface area contributed by atoms with Crippen LogP contribution in [0.5, 0.6) is 0 Å². The van der Waals surface area contributed by atoms with Crippen LogP contribution in [0, 0.1) is 11.3 Å². The molecule has 0 spiro atoms. The lowest BCUT2D eigenvalue weighted by molar-refractivity contribution is -0.123. The number of carbonyl (C=O) groups is 1. The zero-order valence-electron chi connectivity index (χ0n) is 14.7. The van der Waals surface area contributed by atoms with Crippen molar-refractivity contribution in [3.8, 4) is 0 Å². The fraction of sp³-hybridized carbons (Fsp3) is 0.941. The van der Waals surface area contributed by atoms with Crippen molar-refractivity contribution in [1.29, 1.82) is 0 Å². The number of piperidine rings is 1. The molecular weight excluding hydrogens is 262 g/mol. The van der Waals surface area contributed by atoms with Crippen molar-refractivity contribution in [2.24, 2.45) is 11.3 Å². The molecule has 0 aromatic rings. The molecule has 21 heavy (non-hydrogen) atoms. The van der Waals surface area contributed by atoms with E-state index in [2.05, 4.69) is 50.4 Å². The molecule has 1 aliphatic heterocycles. The third kappa shape index (κ3) is 7.82. The van der Waals surface area contributed by atoms with Gasteiger partial charge < -0.3 is 15.5 Å². The van der Waals surface area contributed by atoms with Crippen molar-refractivity contribution in [1.82, 2.24) is 15.5 Å². The van der Waals surface area contributed by atoms with Gasteiger partial charge in [0.25, 0.3) is 0 Å². The average Bonchev–Trinajstić information content (AvgIpc) is 2.41. The maximum Gasteiger partial charge on any atom is 0.220 e. The van der Waals surface area contributed by atoms with E-state index in [1.807, 2.05) is 0 Å². The largest absolute Gasteiger partial charge is 0.353 e. The first kappa shape index (κ1) is 18.4. The van der Waals surface area contributed by atoms with Gasteiger partial charge in [-0.05, 0) is 70.7 Å². The lowest BCUT2D eigenvalue weighted by Gasteiger charge is -2.32. The molecule has 0 aliphatic carbocycles. The molecule has 0 aromatic heterocycles. The minimum atomic E-state index is 0.112. The molecular formula is C17H35N3O. The highest BCUT2D eigenvalue weighted by atomic mass is 16.1. The molecule has 1 amide bonds. The monoisotopic (exact) mass is 297 g/mol. The Morgan fingerprint density at radius 1 is 1.29 bits per heavy atom. The normalized spacial score (nSPS) is 18.8. The van der Waals surface area contributed by atoms with E-state index in [0.717, 1.165) is 38.4 Å². The number of rotatable bonds is 7. The first-order valence-corrected chi connectivity index (χ1v) is 8.44. The van der Waals surface area contributed by atoms with Gasteiger partial charge in [0.1, 0.15) is 0 Å². The number of hydrogen-bond acceptors (Lipinski definition) is 3. The highest BCUT2D eigenvalue weighted by Crippen LogP contribution is 2.23. The number of nitrogens with one attached hydrogen (secondary N) is 2. The summed E-state index contributed by atoms with van der Waals surface area (Å²) in [5, 5.41) is 6.65. The van der Waals surface area contributed by atoms with Crippen molar-refractivity contribution >= 4 is 5.91 Å². The third-order valence-corrected chi connectivity index (χ3v) is 4.48. The molecule has 0 radical (unpaired) electrons. The van der Waals surface area contributed by atoms with Crippen LogP contribution in [0.15, 0.2) is 0 Å². The Bertz CT molecular complexity index is 304. The molecule has 1 saturated heterocycles. The topological polar surface area (TPSA) is 44.4 Å². The van der Waals surface area contributed by atoms with E-state index in [-0.39, 0.29) is 17.4 Å². The smallest absolute Gasteiger partial charge is 0.220 e. The summed E-state index contributed by atoms with van der Waals surface area (Å²) in [4.78, 5) is 14.4. The van der Waals surface area contributed by atoms with Gasteiger partial charge in [0, 0.05) is 12.5 Å². The van der Waals surface area contributed by atoms with Crippen LogP contribution in [0.1, 0.15) is 52.9 Å². The summed E-state index contributed by atoms with van der Waals surface area (Å²) in [5.41, 5.74) is 0.112. The summed E-state index contributed by atoms with van der Waals surface area (Å²) in [6.45, 7) is 9.86. The third-order valence-electron chi connectivity index (χ3n) is 4.48. The van der Waals surface area contributed by atoms with E-state index in [9.17, 15) is 4.79 Å². The molecule has 1 heterocycles. The Kier molecular flexibility index (Phi) is 7.67. The van der Waals surface area contributed by atoms with E-state index in [1.54, 1.807) is 0 Å². The van der Waals surface area contributed by atoms with Crippen molar-refractivity contribution in [2.45, 2.75) is 58.9 Å². The van der Waals surface area contributed by atoms with Gasteiger partial charge in [-0.15, -0.1) is 0 Å². The summed E-state index contributed by atoms with van der Waals surface area (Å²) < 4.78 is 0. The van der Waals surface area contributed by atoms with Gasteiger partial charge in [0.2, 0.25) is 5.91 Å². The molecule has 124 valence electrons. The first-order valence-electron chi connectivity index (χ1n) is 8.44. The predicted octanol–water partition coefficient (Wildman–Crippen LogP) is 2.25. The van der Waals surface area contributed by atoms with Gasteiger partial charge in [-0.3, -0.25) is 4.79 Å². The Labute approximate surface area is 131 Å². The quantitative estimate of drug-likeness (QED) is 0.757. The molecule has 2 N–H and O–H groups in total. The molecule has 0 aromatic carbocycles. The highest BCUT2D eigenvalue weighted by Gasteiger charge is 2.26. The maximum atomic E-state index is 12.2. The fourth-order valence-corrected chi connectivity index (χ4v) is 2.88. The van der Waals surface area contributed by atoms with E-state index in [1.165, 1.54) is 12.8 Å². The Balaban J connectivity index is 2.36. The zero-order valence-corrected chi connectivity index (χ0v) is 14.7. The van der Waals surface area contributed by atoms with Crippen LogP contribution in [0.3, 0.4) is 0 Å². The molecule has 1 aliphatic rings. The van der Waals surface area contributed by atoms with Crippen molar-refractivity contribution < 1.29 is 4.79 Å². The Hall–Kier alpha value is -0.610. The second kappa shape index (κ2) is 8.74. The molecule has 0 bridgehead atoms. The number of nitrogens with zero attached hydrogens (tertiary/aromatic N) is 1. The van der Waals surface area contributed by atoms with Gasteiger partial charge in [0.15, 0.2) is 0 Å². The lowest BCUT2D eigenvalue weighted by Crippen LogP contribution is -2.45. The molecule has 1 fully saturated rings. The van der Waals surface area contributed by atoms with Crippen molar-refractivity contribution in [3.05, 3.63) is 0 Å². The van der Waals surface area contributed by atoms with Gasteiger partial charge >= 0.3 is 0 Å². The zero-order chi connectivity index (χ0) is 15.9. The summed E-state index contributed by atoms with van der Waals surface area (Å²) >= 11 is 0. The second-order valence-electron chi connectivity index (χ2n) is 7.81. The Morgan fingerprint density at radius 2 is 1.90 bits per heavy atom. The van der Waals surface area contributed by atoms with Crippen molar-refractivity contribution in [3.63, 3.8) is 0 Å². The van der Waals surface area contributed by atoms with Crippen LogP contribution in [-0.4, -0.2) is 50.6 Å². The standard InChI is InChI=1S/C17H35N3O/c1-17(2,3)15(10-13-20(4)5)19-16(21)7-6-14-8-11-18-12-9-14/h14-15,18H,6-13H2,1-5H3,(H,19,21). The molecule has 1 rings (SSSR count). The van der Waals surface area contributed by atoms with Crippen LogP contribution in [-0.2, 0) is 4.79 Å². The summed E-state index contributed by atoms with van der Waals surface area (Å²) in [6.07, 6.45) is 5.17. The Morgan fingerprint density at radius 3 is 2.43 bits per heavy atom. The SMILES string of the molecule is CN(C)CCC(NC(=O)CCC1CCNCC1)C(C)(C)C. The van der Waals surface area contributed by atoms with E-state index < -0.39 is 0 Å². The molecule has 4 heteroatoms. The summed E-state index contributed by atoms with van der Waals surface area (Å²) in [6, 6.07) is 0.250. The van der Waals surface area contributed by atoms with Gasteiger partial charge in [-0.2, -0.15) is 0 Å². The summed E-state index contributed by atoms with van der Waals surface area (Å²) in [7, 11) is 4.16. The van der Waals surface area contributed by atoms with Crippen LogP contribution >= 0.6 is 0 Å².